The zero-order valence-corrected chi connectivity index (χ0v) is 12.5. The van der Waals surface area contributed by atoms with Gasteiger partial charge >= 0.3 is 5.97 Å². The second-order valence-electron chi connectivity index (χ2n) is 4.31. The summed E-state index contributed by atoms with van der Waals surface area (Å²) in [5.74, 6) is -2.78. The van der Waals surface area contributed by atoms with Crippen molar-refractivity contribution in [1.82, 2.24) is 0 Å². The Morgan fingerprint density at radius 1 is 1.00 bits per heavy atom. The van der Waals surface area contributed by atoms with Crippen LogP contribution in [0.4, 0.5) is 8.78 Å². The second kappa shape index (κ2) is 6.85. The molecule has 0 amide bonds. The highest BCUT2D eigenvalue weighted by Crippen LogP contribution is 2.23. The molecule has 0 atom stereocenters. The van der Waals surface area contributed by atoms with Crippen molar-refractivity contribution in [2.75, 3.05) is 6.61 Å². The molecule has 0 aromatic heterocycles. The van der Waals surface area contributed by atoms with Crippen molar-refractivity contribution in [2.45, 2.75) is 0 Å². The monoisotopic (exact) mass is 343 g/mol. The van der Waals surface area contributed by atoms with Crippen LogP contribution in [0.3, 0.4) is 0 Å². The molecule has 0 unspecified atom stereocenters. The van der Waals surface area contributed by atoms with Crippen LogP contribution in [0.15, 0.2) is 36.4 Å². The van der Waals surface area contributed by atoms with Crippen molar-refractivity contribution in [3.05, 3.63) is 69.2 Å². The average molecular weight is 344 g/mol. The average Bonchev–Trinajstić information content (AvgIpc) is 2.50. The Labute approximate surface area is 134 Å². The zero-order valence-electron chi connectivity index (χ0n) is 11.0. The van der Waals surface area contributed by atoms with Gasteiger partial charge in [0.2, 0.25) is 0 Å². The van der Waals surface area contributed by atoms with Crippen LogP contribution in [0.5, 0.6) is 0 Å². The van der Waals surface area contributed by atoms with E-state index < -0.39 is 17.6 Å². The SMILES string of the molecule is N=C(COC(=O)c1ccc(Cl)c(Cl)c1)c1ccc(F)c(F)c1. The molecule has 3 nitrogen and oxygen atoms in total. The highest BCUT2D eigenvalue weighted by molar-refractivity contribution is 6.42. The molecule has 0 aliphatic heterocycles. The lowest BCUT2D eigenvalue weighted by Gasteiger charge is -2.07. The Kier molecular flexibility index (Phi) is 5.11. The quantitative estimate of drug-likeness (QED) is 0.656. The number of esters is 1. The Balaban J connectivity index is 2.02. The van der Waals surface area contributed by atoms with Gasteiger partial charge in [-0.1, -0.05) is 23.2 Å². The fraction of sp³-hybridized carbons (Fsp3) is 0.0667. The molecule has 0 heterocycles. The van der Waals surface area contributed by atoms with E-state index in [2.05, 4.69) is 0 Å². The molecular weight excluding hydrogens is 335 g/mol. The molecule has 0 bridgehead atoms. The normalized spacial score (nSPS) is 10.4. The van der Waals surface area contributed by atoms with Crippen molar-refractivity contribution in [3.8, 4) is 0 Å². The minimum Gasteiger partial charge on any atom is -0.456 e. The van der Waals surface area contributed by atoms with E-state index in [-0.39, 0.29) is 28.5 Å². The van der Waals surface area contributed by atoms with Crippen LogP contribution < -0.4 is 0 Å². The minimum absolute atomic E-state index is 0.126. The van der Waals surface area contributed by atoms with E-state index in [4.69, 9.17) is 33.3 Å². The van der Waals surface area contributed by atoms with E-state index in [1.54, 1.807) is 0 Å². The molecule has 0 saturated heterocycles. The van der Waals surface area contributed by atoms with E-state index in [9.17, 15) is 13.6 Å². The largest absolute Gasteiger partial charge is 0.456 e. The molecule has 0 aliphatic carbocycles. The van der Waals surface area contributed by atoms with Crippen molar-refractivity contribution in [3.63, 3.8) is 0 Å². The molecule has 2 aromatic carbocycles. The summed E-state index contributed by atoms with van der Waals surface area (Å²) in [6.45, 7) is -0.385. The van der Waals surface area contributed by atoms with E-state index in [1.807, 2.05) is 0 Å². The van der Waals surface area contributed by atoms with Crippen molar-refractivity contribution >= 4 is 34.9 Å². The lowest BCUT2D eigenvalue weighted by molar-refractivity contribution is 0.0563. The molecule has 0 aliphatic rings. The number of hydrogen-bond acceptors (Lipinski definition) is 3. The molecule has 0 saturated carbocycles. The lowest BCUT2D eigenvalue weighted by atomic mass is 10.1. The van der Waals surface area contributed by atoms with Gasteiger partial charge < -0.3 is 10.1 Å². The molecule has 0 radical (unpaired) electrons. The summed E-state index contributed by atoms with van der Waals surface area (Å²) >= 11 is 11.5. The number of ether oxygens (including phenoxy) is 1. The predicted molar refractivity (Wildman–Crippen MR) is 79.9 cm³/mol. The van der Waals surface area contributed by atoms with Gasteiger partial charge in [0, 0.05) is 5.56 Å². The predicted octanol–water partition coefficient (Wildman–Crippen LogP) is 4.50. The van der Waals surface area contributed by atoms with Crippen molar-refractivity contribution in [1.29, 1.82) is 5.41 Å². The first-order valence-corrected chi connectivity index (χ1v) is 6.79. The number of rotatable bonds is 4. The molecule has 22 heavy (non-hydrogen) atoms. The number of halogens is 4. The summed E-state index contributed by atoms with van der Waals surface area (Å²) < 4.78 is 30.8. The van der Waals surface area contributed by atoms with Gasteiger partial charge in [-0.25, -0.2) is 13.6 Å². The summed E-state index contributed by atoms with van der Waals surface area (Å²) in [4.78, 5) is 11.8. The standard InChI is InChI=1S/C15H9Cl2F2NO2/c16-10-3-1-9(5-11(10)17)15(21)22-7-14(20)8-2-4-12(18)13(19)6-8/h1-6,20H,7H2. The number of carbonyl (C=O) groups excluding carboxylic acids is 1. The summed E-state index contributed by atoms with van der Waals surface area (Å²) in [5, 5.41) is 8.22. The van der Waals surface area contributed by atoms with Crippen LogP contribution >= 0.6 is 23.2 Å². The number of nitrogens with one attached hydrogen (secondary N) is 1. The molecule has 2 aromatic rings. The lowest BCUT2D eigenvalue weighted by Crippen LogP contribution is -2.14. The van der Waals surface area contributed by atoms with Gasteiger partial charge in [-0.15, -0.1) is 0 Å². The van der Waals surface area contributed by atoms with Gasteiger partial charge in [0.1, 0.15) is 6.61 Å². The van der Waals surface area contributed by atoms with Crippen LogP contribution in [0.25, 0.3) is 0 Å². The van der Waals surface area contributed by atoms with Crippen LogP contribution in [-0.2, 0) is 4.74 Å². The molecular formula is C15H9Cl2F2NO2. The molecule has 2 rings (SSSR count). The van der Waals surface area contributed by atoms with Gasteiger partial charge in [0.05, 0.1) is 21.3 Å². The van der Waals surface area contributed by atoms with Crippen LogP contribution in [0.1, 0.15) is 15.9 Å². The molecule has 0 fully saturated rings. The highest BCUT2D eigenvalue weighted by Gasteiger charge is 2.12. The Bertz CT molecular complexity index is 687. The first-order chi connectivity index (χ1) is 10.4. The maximum Gasteiger partial charge on any atom is 0.338 e. The fourth-order valence-electron chi connectivity index (χ4n) is 1.61. The summed E-state index contributed by atoms with van der Waals surface area (Å²) in [7, 11) is 0. The maximum atomic E-state index is 13.1. The number of hydrogen-bond donors (Lipinski definition) is 1. The number of carbonyl (C=O) groups is 1. The third-order valence-corrected chi connectivity index (χ3v) is 3.51. The molecule has 1 N–H and O–H groups in total. The third kappa shape index (κ3) is 3.81. The van der Waals surface area contributed by atoms with E-state index in [0.717, 1.165) is 12.1 Å². The fourth-order valence-corrected chi connectivity index (χ4v) is 1.91. The zero-order chi connectivity index (χ0) is 16.3. The van der Waals surface area contributed by atoms with Crippen LogP contribution in [-0.4, -0.2) is 18.3 Å². The Hall–Kier alpha value is -1.98. The van der Waals surface area contributed by atoms with Gasteiger partial charge in [0.15, 0.2) is 11.6 Å². The topological polar surface area (TPSA) is 50.1 Å². The maximum absolute atomic E-state index is 13.1. The van der Waals surface area contributed by atoms with Gasteiger partial charge in [0.25, 0.3) is 0 Å². The summed E-state index contributed by atoms with van der Waals surface area (Å²) in [5.41, 5.74) is 0.139. The summed E-state index contributed by atoms with van der Waals surface area (Å²) in [6.07, 6.45) is 0. The Morgan fingerprint density at radius 3 is 2.32 bits per heavy atom. The van der Waals surface area contributed by atoms with Crippen LogP contribution in [0.2, 0.25) is 10.0 Å². The molecule has 114 valence electrons. The smallest absolute Gasteiger partial charge is 0.338 e. The van der Waals surface area contributed by atoms with Crippen LogP contribution in [0, 0.1) is 17.0 Å². The molecule has 0 spiro atoms. The highest BCUT2D eigenvalue weighted by atomic mass is 35.5. The first kappa shape index (κ1) is 16.4. The summed E-state index contributed by atoms with van der Waals surface area (Å²) in [6, 6.07) is 7.21. The van der Waals surface area contributed by atoms with Gasteiger partial charge in [-0.2, -0.15) is 0 Å². The first-order valence-electron chi connectivity index (χ1n) is 6.03. The minimum atomic E-state index is -1.07. The van der Waals surface area contributed by atoms with Gasteiger partial charge in [-0.05, 0) is 36.4 Å². The van der Waals surface area contributed by atoms with Crippen molar-refractivity contribution < 1.29 is 18.3 Å². The second-order valence-corrected chi connectivity index (χ2v) is 5.13. The third-order valence-electron chi connectivity index (χ3n) is 2.77. The molecule has 7 heteroatoms. The van der Waals surface area contributed by atoms with E-state index in [0.29, 0.717) is 5.02 Å². The van der Waals surface area contributed by atoms with Gasteiger partial charge in [-0.3, -0.25) is 0 Å². The number of benzene rings is 2. The Morgan fingerprint density at radius 2 is 1.68 bits per heavy atom. The van der Waals surface area contributed by atoms with E-state index in [1.165, 1.54) is 24.3 Å². The van der Waals surface area contributed by atoms with E-state index >= 15 is 0 Å². The van der Waals surface area contributed by atoms with Crippen molar-refractivity contribution in [2.24, 2.45) is 0 Å².